The third kappa shape index (κ3) is 9.31. The second kappa shape index (κ2) is 17.7. The van der Waals surface area contributed by atoms with E-state index < -0.39 is 32.3 Å². The Hall–Kier alpha value is -5.66. The van der Waals surface area contributed by atoms with Gasteiger partial charge in [-0.15, -0.1) is 0 Å². The van der Waals surface area contributed by atoms with Crippen LogP contribution in [0, 0.1) is 23.7 Å². The largest absolute Gasteiger partial charge is 0.453 e. The summed E-state index contributed by atoms with van der Waals surface area (Å²) >= 11 is 0. The normalized spacial score (nSPS) is 20.2. The van der Waals surface area contributed by atoms with Crippen LogP contribution in [0.5, 0.6) is 0 Å². The van der Waals surface area contributed by atoms with E-state index in [1.165, 1.54) is 14.2 Å². The van der Waals surface area contributed by atoms with Crippen molar-refractivity contribution in [2.24, 2.45) is 11.8 Å². The molecule has 312 valence electrons. The molecule has 0 spiro atoms. The molecule has 3 saturated heterocycles. The molecule has 3 fully saturated rings. The monoisotopic (exact) mass is 822 g/mol. The fourth-order valence-electron chi connectivity index (χ4n) is 8.55. The second-order valence-electron chi connectivity index (χ2n) is 16.8. The van der Waals surface area contributed by atoms with Crippen LogP contribution in [0.25, 0.3) is 22.2 Å². The number of aromatic nitrogens is 4. The Morgan fingerprint density at radius 2 is 1.58 bits per heavy atom. The van der Waals surface area contributed by atoms with Gasteiger partial charge in [-0.2, -0.15) is 0 Å². The van der Waals surface area contributed by atoms with Gasteiger partial charge in [-0.25, -0.2) is 19.6 Å². The number of imidazole rings is 2. The predicted octanol–water partition coefficient (Wildman–Crippen LogP) is 5.68. The molecular formula is C43H54N8O7Si. The molecule has 4 amide bonds. The van der Waals surface area contributed by atoms with Gasteiger partial charge in [0.1, 0.15) is 29.4 Å². The number of carbonyl (C=O) groups excluding carboxylic acids is 4. The molecule has 7 rings (SSSR count). The summed E-state index contributed by atoms with van der Waals surface area (Å²) in [5.74, 6) is 7.43. The Bertz CT molecular complexity index is 2240. The summed E-state index contributed by atoms with van der Waals surface area (Å²) in [6, 6.07) is 13.1. The molecule has 59 heavy (non-hydrogen) atoms. The molecule has 4 atom stereocenters. The van der Waals surface area contributed by atoms with E-state index in [2.05, 4.69) is 56.6 Å². The SMILES string of the molecule is COC(=O)N[C@H](C(=O)N1C[Si](C)(C)C[C@H]1c1nc2ccc(-c3ccc(C#Cc4cnc([C@@H]5CCCN5C(=O)[C@@H](NC(=O)OC)C5CCOCC5)[nH]4)cc3)cc2[nH]1)C(C)C. The number of benzene rings is 2. The van der Waals surface area contributed by atoms with Crippen LogP contribution in [0.3, 0.4) is 0 Å². The minimum absolute atomic E-state index is 0.0363. The predicted molar refractivity (Wildman–Crippen MR) is 224 cm³/mol. The molecule has 0 saturated carbocycles. The molecule has 4 N–H and O–H groups in total. The van der Waals surface area contributed by atoms with E-state index in [1.54, 1.807) is 6.20 Å². The van der Waals surface area contributed by atoms with Crippen molar-refractivity contribution in [1.82, 2.24) is 40.4 Å². The smallest absolute Gasteiger partial charge is 0.407 e. The molecule has 0 radical (unpaired) electrons. The molecular weight excluding hydrogens is 769 g/mol. The molecule has 15 nitrogen and oxygen atoms in total. The highest BCUT2D eigenvalue weighted by Gasteiger charge is 2.46. The fraction of sp³-hybridized carbons (Fsp3) is 0.488. The Morgan fingerprint density at radius 1 is 0.864 bits per heavy atom. The molecule has 5 heterocycles. The van der Waals surface area contributed by atoms with Crippen molar-refractivity contribution in [3.63, 3.8) is 0 Å². The lowest BCUT2D eigenvalue weighted by atomic mass is 9.90. The number of rotatable bonds is 9. The molecule has 0 unspecified atom stereocenters. The Kier molecular flexibility index (Phi) is 12.4. The van der Waals surface area contributed by atoms with E-state index in [0.29, 0.717) is 50.3 Å². The Balaban J connectivity index is 1.03. The summed E-state index contributed by atoms with van der Waals surface area (Å²) in [4.78, 5) is 72.2. The van der Waals surface area contributed by atoms with E-state index in [4.69, 9.17) is 19.2 Å². The van der Waals surface area contributed by atoms with Crippen molar-refractivity contribution in [1.29, 1.82) is 0 Å². The number of nitrogens with zero attached hydrogens (tertiary/aromatic N) is 4. The lowest BCUT2D eigenvalue weighted by Gasteiger charge is -2.34. The first kappa shape index (κ1) is 41.5. The van der Waals surface area contributed by atoms with Gasteiger partial charge in [0.05, 0.1) is 51.6 Å². The first-order chi connectivity index (χ1) is 28.3. The maximum atomic E-state index is 13.9. The number of alkyl carbamates (subject to hydrolysis) is 2. The number of methoxy groups -OCH3 is 2. The fourth-order valence-corrected chi connectivity index (χ4v) is 11.4. The average Bonchev–Trinajstić information content (AvgIpc) is 4.06. The number of ether oxygens (including phenoxy) is 3. The summed E-state index contributed by atoms with van der Waals surface area (Å²) in [7, 11) is 0.834. The quantitative estimate of drug-likeness (QED) is 0.122. The zero-order valence-electron chi connectivity index (χ0n) is 34.6. The van der Waals surface area contributed by atoms with Crippen LogP contribution in [-0.2, 0) is 23.8 Å². The van der Waals surface area contributed by atoms with Crippen LogP contribution in [0.4, 0.5) is 9.59 Å². The third-order valence-electron chi connectivity index (χ3n) is 11.7. The van der Waals surface area contributed by atoms with Crippen LogP contribution in [0.2, 0.25) is 19.1 Å². The average molecular weight is 823 g/mol. The van der Waals surface area contributed by atoms with Gasteiger partial charge in [0.25, 0.3) is 0 Å². The van der Waals surface area contributed by atoms with Crippen molar-refractivity contribution in [2.45, 2.75) is 82.8 Å². The first-order valence-electron chi connectivity index (χ1n) is 20.4. The third-order valence-corrected chi connectivity index (χ3v) is 14.4. The van der Waals surface area contributed by atoms with Gasteiger partial charge in [-0.3, -0.25) is 9.59 Å². The van der Waals surface area contributed by atoms with Crippen molar-refractivity contribution in [3.8, 4) is 23.0 Å². The van der Waals surface area contributed by atoms with Crippen molar-refractivity contribution >= 4 is 43.1 Å². The number of likely N-dealkylation sites (tertiary alicyclic amines) is 1. The van der Waals surface area contributed by atoms with Crippen LogP contribution in [-0.4, -0.2) is 114 Å². The molecule has 4 aromatic rings. The van der Waals surface area contributed by atoms with Gasteiger partial charge in [-0.05, 0) is 84.9 Å². The Morgan fingerprint density at radius 3 is 2.29 bits per heavy atom. The van der Waals surface area contributed by atoms with Crippen LogP contribution >= 0.6 is 0 Å². The number of aromatic amines is 2. The highest BCUT2D eigenvalue weighted by Crippen LogP contribution is 2.39. The lowest BCUT2D eigenvalue weighted by Crippen LogP contribution is -2.53. The van der Waals surface area contributed by atoms with Crippen LogP contribution in [0.1, 0.15) is 74.5 Å². The van der Waals surface area contributed by atoms with Gasteiger partial charge in [0.2, 0.25) is 11.8 Å². The van der Waals surface area contributed by atoms with Crippen molar-refractivity contribution < 1.29 is 33.4 Å². The van der Waals surface area contributed by atoms with Gasteiger partial charge in [-0.1, -0.05) is 51.1 Å². The number of hydrogen-bond donors (Lipinski definition) is 4. The summed E-state index contributed by atoms with van der Waals surface area (Å²) in [5, 5.41) is 5.53. The standard InChI is InChI=1S/C43H54N8O7Si/c1-26(2)36(48-42(54)56-3)40(52)51-25-59(5,6)24-35(51)39-46-32-16-14-30(22-33(32)47-39)28-12-9-27(10-13-28)11-15-31-23-44-38(45-31)34-8-7-19-50(34)41(53)37(49-43(55)57-4)29-17-20-58-21-18-29/h9-10,12-14,16,22-23,26,29,34-37H,7-8,17-21,24-25H2,1-6H3,(H,44,45)(H,46,47)(H,48,54)(H,49,55)/t34-,35-,36-,37-/m0/s1. The summed E-state index contributed by atoms with van der Waals surface area (Å²) in [6.45, 7) is 10.1. The first-order valence-corrected chi connectivity index (χ1v) is 23.8. The number of hydrogen-bond acceptors (Lipinski definition) is 9. The van der Waals surface area contributed by atoms with Crippen molar-refractivity contribution in [3.05, 3.63) is 71.6 Å². The minimum Gasteiger partial charge on any atom is -0.453 e. The van der Waals surface area contributed by atoms with E-state index in [9.17, 15) is 19.2 Å². The highest BCUT2D eigenvalue weighted by molar-refractivity contribution is 6.78. The van der Waals surface area contributed by atoms with E-state index in [1.807, 2.05) is 60.0 Å². The van der Waals surface area contributed by atoms with Crippen LogP contribution < -0.4 is 10.6 Å². The van der Waals surface area contributed by atoms with Gasteiger partial charge in [0.15, 0.2) is 0 Å². The number of amides is 4. The molecule has 16 heteroatoms. The molecule has 0 bridgehead atoms. The maximum Gasteiger partial charge on any atom is 0.407 e. The number of carbonyl (C=O) groups is 4. The molecule has 0 aliphatic carbocycles. The zero-order valence-corrected chi connectivity index (χ0v) is 35.6. The molecule has 2 aromatic carbocycles. The summed E-state index contributed by atoms with van der Waals surface area (Å²) < 4.78 is 15.2. The number of H-pyrrole nitrogens is 2. The van der Waals surface area contributed by atoms with Crippen LogP contribution in [0.15, 0.2) is 48.7 Å². The second-order valence-corrected chi connectivity index (χ2v) is 21.9. The van der Waals surface area contributed by atoms with Gasteiger partial charge < -0.3 is 44.6 Å². The summed E-state index contributed by atoms with van der Waals surface area (Å²) in [6.07, 6.45) is 4.08. The summed E-state index contributed by atoms with van der Waals surface area (Å²) in [5.41, 5.74) is 5.20. The van der Waals surface area contributed by atoms with Crippen molar-refractivity contribution in [2.75, 3.05) is 40.1 Å². The van der Waals surface area contributed by atoms with Gasteiger partial charge >= 0.3 is 12.2 Å². The highest BCUT2D eigenvalue weighted by atomic mass is 28.3. The van der Waals surface area contributed by atoms with Gasteiger partial charge in [0, 0.05) is 31.5 Å². The molecule has 3 aliphatic heterocycles. The zero-order chi connectivity index (χ0) is 41.8. The Labute approximate surface area is 345 Å². The topological polar surface area (TPSA) is 184 Å². The minimum atomic E-state index is -1.76. The number of fused-ring (bicyclic) bond motifs is 1. The van der Waals surface area contributed by atoms with E-state index in [0.717, 1.165) is 52.4 Å². The molecule has 3 aliphatic rings. The maximum absolute atomic E-state index is 13.9. The van der Waals surface area contributed by atoms with E-state index in [-0.39, 0.29) is 35.7 Å². The lowest BCUT2D eigenvalue weighted by molar-refractivity contribution is -0.137. The molecule has 2 aromatic heterocycles. The van der Waals surface area contributed by atoms with E-state index >= 15 is 0 Å². The number of nitrogens with one attached hydrogen (secondary N) is 4.